The summed E-state index contributed by atoms with van der Waals surface area (Å²) in [5.74, 6) is -0.509. The van der Waals surface area contributed by atoms with E-state index in [1.807, 2.05) is 0 Å². The molecule has 0 bridgehead atoms. The molecule has 0 aromatic heterocycles. The number of rotatable bonds is 3. The van der Waals surface area contributed by atoms with Crippen LogP contribution < -0.4 is 0 Å². The van der Waals surface area contributed by atoms with Crippen LogP contribution in [0.25, 0.3) is 0 Å². The fourth-order valence-electron chi connectivity index (χ4n) is 1.33. The number of aromatic hydroxyl groups is 1. The number of halogens is 1. The van der Waals surface area contributed by atoms with Gasteiger partial charge in [-0.05, 0) is 30.3 Å². The molecule has 0 amide bonds. The fraction of sp³-hybridized carbons (Fsp3) is 0. The summed E-state index contributed by atoms with van der Waals surface area (Å²) in [6.07, 6.45) is 0. The lowest BCUT2D eigenvalue weighted by atomic mass is 10.3. The zero-order valence-electron chi connectivity index (χ0n) is 9.04. The average Bonchev–Trinajstić information content (AvgIpc) is 2.34. The third-order valence-electron chi connectivity index (χ3n) is 2.19. The molecule has 0 atom stereocenters. The van der Waals surface area contributed by atoms with Crippen LogP contribution in [0.2, 0.25) is 0 Å². The van der Waals surface area contributed by atoms with Crippen LogP contribution in [0.4, 0.5) is 10.1 Å². The quantitative estimate of drug-likeness (QED) is 0.680. The highest BCUT2D eigenvalue weighted by Crippen LogP contribution is 2.32. The molecule has 2 rings (SSSR count). The molecule has 0 saturated heterocycles. The van der Waals surface area contributed by atoms with E-state index in [0.717, 1.165) is 22.7 Å². The third kappa shape index (κ3) is 2.78. The van der Waals surface area contributed by atoms with E-state index < -0.39 is 10.7 Å². The number of nitro groups is 1. The van der Waals surface area contributed by atoms with Crippen LogP contribution in [-0.4, -0.2) is 10.0 Å². The first-order chi connectivity index (χ1) is 8.56. The Morgan fingerprint density at radius 1 is 1.17 bits per heavy atom. The van der Waals surface area contributed by atoms with Crippen LogP contribution in [0.3, 0.4) is 0 Å². The average molecular weight is 265 g/mol. The van der Waals surface area contributed by atoms with E-state index in [2.05, 4.69) is 0 Å². The monoisotopic (exact) mass is 265 g/mol. The summed E-state index contributed by atoms with van der Waals surface area (Å²) < 4.78 is 13.6. The summed E-state index contributed by atoms with van der Waals surface area (Å²) in [5.41, 5.74) is -0.275. The first kappa shape index (κ1) is 12.4. The number of hydrogen-bond donors (Lipinski definition) is 1. The molecular formula is C12H8FNO3S. The number of nitrogens with zero attached hydrogens (tertiary/aromatic N) is 1. The van der Waals surface area contributed by atoms with E-state index in [0.29, 0.717) is 4.90 Å². The molecule has 1 N–H and O–H groups in total. The van der Waals surface area contributed by atoms with Gasteiger partial charge in [-0.15, -0.1) is 0 Å². The zero-order chi connectivity index (χ0) is 13.1. The van der Waals surface area contributed by atoms with Gasteiger partial charge in [-0.1, -0.05) is 11.8 Å². The zero-order valence-corrected chi connectivity index (χ0v) is 9.86. The molecule has 0 aliphatic carbocycles. The molecule has 0 radical (unpaired) electrons. The summed E-state index contributed by atoms with van der Waals surface area (Å²) in [4.78, 5) is 10.9. The number of nitro benzene ring substituents is 1. The standard InChI is InChI=1S/C12H8FNO3S/c13-11-7-8(14(16)17)1-6-12(11)18-10-4-2-9(15)3-5-10/h1-7,15H. The van der Waals surface area contributed by atoms with Gasteiger partial charge >= 0.3 is 0 Å². The van der Waals surface area contributed by atoms with Gasteiger partial charge in [-0.25, -0.2) is 4.39 Å². The fourth-order valence-corrected chi connectivity index (χ4v) is 2.15. The largest absolute Gasteiger partial charge is 0.508 e. The summed E-state index contributed by atoms with van der Waals surface area (Å²) in [7, 11) is 0. The van der Waals surface area contributed by atoms with Crippen LogP contribution in [0.15, 0.2) is 52.3 Å². The Balaban J connectivity index is 2.24. The minimum atomic E-state index is -0.641. The van der Waals surface area contributed by atoms with Crippen molar-refractivity contribution in [2.75, 3.05) is 0 Å². The lowest BCUT2D eigenvalue weighted by Gasteiger charge is -2.03. The molecule has 0 aliphatic heterocycles. The van der Waals surface area contributed by atoms with Gasteiger partial charge in [0.1, 0.15) is 11.6 Å². The van der Waals surface area contributed by atoms with Gasteiger partial charge in [0.15, 0.2) is 0 Å². The second kappa shape index (κ2) is 5.05. The van der Waals surface area contributed by atoms with Gasteiger partial charge in [0.2, 0.25) is 0 Å². The van der Waals surface area contributed by atoms with Crippen molar-refractivity contribution in [2.24, 2.45) is 0 Å². The molecule has 0 spiro atoms. The Morgan fingerprint density at radius 3 is 2.39 bits per heavy atom. The van der Waals surface area contributed by atoms with Gasteiger partial charge in [-0.2, -0.15) is 0 Å². The van der Waals surface area contributed by atoms with Gasteiger partial charge in [0.25, 0.3) is 5.69 Å². The van der Waals surface area contributed by atoms with Crippen molar-refractivity contribution < 1.29 is 14.4 Å². The highest BCUT2D eigenvalue weighted by molar-refractivity contribution is 7.99. The van der Waals surface area contributed by atoms with Gasteiger partial charge in [0, 0.05) is 15.9 Å². The third-order valence-corrected chi connectivity index (χ3v) is 3.25. The van der Waals surface area contributed by atoms with E-state index in [4.69, 9.17) is 5.11 Å². The molecule has 4 nitrogen and oxygen atoms in total. The molecule has 0 fully saturated rings. The molecule has 0 unspecified atom stereocenters. The smallest absolute Gasteiger partial charge is 0.272 e. The van der Waals surface area contributed by atoms with Crippen LogP contribution >= 0.6 is 11.8 Å². The maximum Gasteiger partial charge on any atom is 0.272 e. The van der Waals surface area contributed by atoms with E-state index in [1.54, 1.807) is 12.1 Å². The van der Waals surface area contributed by atoms with Crippen molar-refractivity contribution in [2.45, 2.75) is 9.79 Å². The summed E-state index contributed by atoms with van der Waals surface area (Å²) >= 11 is 1.13. The molecular weight excluding hydrogens is 257 g/mol. The van der Waals surface area contributed by atoms with Gasteiger partial charge in [0.05, 0.1) is 11.0 Å². The molecule has 2 aromatic rings. The number of phenolic OH excluding ortho intramolecular Hbond substituents is 1. The first-order valence-corrected chi connectivity index (χ1v) is 5.79. The van der Waals surface area contributed by atoms with Crippen molar-refractivity contribution >= 4 is 17.4 Å². The lowest BCUT2D eigenvalue weighted by molar-refractivity contribution is -0.385. The van der Waals surface area contributed by atoms with Gasteiger partial charge < -0.3 is 5.11 Å². The van der Waals surface area contributed by atoms with Crippen LogP contribution in [-0.2, 0) is 0 Å². The van der Waals surface area contributed by atoms with Crippen molar-refractivity contribution in [1.29, 1.82) is 0 Å². The van der Waals surface area contributed by atoms with Gasteiger partial charge in [-0.3, -0.25) is 10.1 Å². The van der Waals surface area contributed by atoms with Crippen molar-refractivity contribution in [1.82, 2.24) is 0 Å². The molecule has 2 aromatic carbocycles. The predicted molar refractivity (Wildman–Crippen MR) is 65.3 cm³/mol. The Morgan fingerprint density at radius 2 is 1.83 bits per heavy atom. The van der Waals surface area contributed by atoms with E-state index in [9.17, 15) is 14.5 Å². The SMILES string of the molecule is O=[N+]([O-])c1ccc(Sc2ccc(O)cc2)c(F)c1. The number of non-ortho nitro benzene ring substituents is 1. The Labute approximate surface area is 106 Å². The van der Waals surface area contributed by atoms with Crippen molar-refractivity contribution in [3.8, 4) is 5.75 Å². The second-order valence-electron chi connectivity index (χ2n) is 3.47. The van der Waals surface area contributed by atoms with E-state index in [-0.39, 0.29) is 11.4 Å². The van der Waals surface area contributed by atoms with Crippen molar-refractivity contribution in [3.05, 3.63) is 58.4 Å². The minimum Gasteiger partial charge on any atom is -0.508 e. The lowest BCUT2D eigenvalue weighted by Crippen LogP contribution is -1.90. The maximum absolute atomic E-state index is 13.6. The Bertz CT molecular complexity index is 586. The van der Waals surface area contributed by atoms with Crippen LogP contribution in [0.1, 0.15) is 0 Å². The molecule has 0 heterocycles. The highest BCUT2D eigenvalue weighted by atomic mass is 32.2. The topological polar surface area (TPSA) is 63.4 Å². The summed E-state index contributed by atoms with van der Waals surface area (Å²) in [6, 6.07) is 9.78. The molecule has 6 heteroatoms. The normalized spacial score (nSPS) is 10.3. The maximum atomic E-state index is 13.6. The molecule has 0 saturated carbocycles. The number of benzene rings is 2. The summed E-state index contributed by atoms with van der Waals surface area (Å²) in [5, 5.41) is 19.6. The number of hydrogen-bond acceptors (Lipinski definition) is 4. The molecule has 92 valence electrons. The first-order valence-electron chi connectivity index (χ1n) is 4.97. The van der Waals surface area contributed by atoms with Crippen molar-refractivity contribution in [3.63, 3.8) is 0 Å². The Hall–Kier alpha value is -2.08. The molecule has 18 heavy (non-hydrogen) atoms. The van der Waals surface area contributed by atoms with Crippen LogP contribution in [0, 0.1) is 15.9 Å². The molecule has 0 aliphatic rings. The Kier molecular flexibility index (Phi) is 3.47. The van der Waals surface area contributed by atoms with Crippen LogP contribution in [0.5, 0.6) is 5.75 Å². The minimum absolute atomic E-state index is 0.128. The predicted octanol–water partition coefficient (Wildman–Crippen LogP) is 3.59. The summed E-state index contributed by atoms with van der Waals surface area (Å²) in [6.45, 7) is 0. The second-order valence-corrected chi connectivity index (χ2v) is 4.58. The van der Waals surface area contributed by atoms with E-state index >= 15 is 0 Å². The number of phenols is 1. The van der Waals surface area contributed by atoms with E-state index in [1.165, 1.54) is 24.3 Å². The highest BCUT2D eigenvalue weighted by Gasteiger charge is 2.11.